The van der Waals surface area contributed by atoms with Gasteiger partial charge in [0, 0.05) is 6.20 Å². The van der Waals surface area contributed by atoms with Crippen molar-refractivity contribution >= 4 is 11.9 Å². The van der Waals surface area contributed by atoms with Crippen LogP contribution in [0.1, 0.15) is 23.3 Å². The lowest BCUT2D eigenvalue weighted by Gasteiger charge is -2.12. The molecule has 5 nitrogen and oxygen atoms in total. The van der Waals surface area contributed by atoms with Crippen molar-refractivity contribution in [1.82, 2.24) is 10.3 Å². The van der Waals surface area contributed by atoms with Gasteiger partial charge in [0.15, 0.2) is 0 Å². The van der Waals surface area contributed by atoms with Gasteiger partial charge in [-0.2, -0.15) is 0 Å². The molecule has 2 rings (SSSR count). The first-order valence-electron chi connectivity index (χ1n) is 4.85. The van der Waals surface area contributed by atoms with Gasteiger partial charge in [-0.15, -0.1) is 0 Å². The molecule has 1 unspecified atom stereocenters. The Bertz CT molecular complexity index is 368. The minimum absolute atomic E-state index is 0.0985. The van der Waals surface area contributed by atoms with Gasteiger partial charge in [-0.05, 0) is 30.9 Å². The van der Waals surface area contributed by atoms with Crippen LogP contribution in [-0.4, -0.2) is 28.0 Å². The van der Waals surface area contributed by atoms with Gasteiger partial charge in [0.2, 0.25) is 0 Å². The van der Waals surface area contributed by atoms with E-state index in [-0.39, 0.29) is 11.8 Å². The van der Waals surface area contributed by atoms with E-state index >= 15 is 0 Å². The van der Waals surface area contributed by atoms with Crippen LogP contribution in [0.2, 0.25) is 0 Å². The van der Waals surface area contributed by atoms with Crippen molar-refractivity contribution in [2.45, 2.75) is 18.9 Å². The third kappa shape index (κ3) is 2.18. The summed E-state index contributed by atoms with van der Waals surface area (Å²) < 4.78 is 0. The van der Waals surface area contributed by atoms with Crippen molar-refractivity contribution < 1.29 is 14.7 Å². The van der Waals surface area contributed by atoms with Gasteiger partial charge >= 0.3 is 5.97 Å². The maximum absolute atomic E-state index is 11.5. The monoisotopic (exact) mass is 208 g/mol. The smallest absolute Gasteiger partial charge is 0.326 e. The molecule has 5 heteroatoms. The number of H-pyrrole nitrogens is 1. The molecule has 0 aliphatic heterocycles. The van der Waals surface area contributed by atoms with E-state index in [1.807, 2.05) is 0 Å². The molecular weight excluding hydrogens is 196 g/mol. The third-order valence-corrected chi connectivity index (χ3v) is 2.49. The molecule has 15 heavy (non-hydrogen) atoms. The minimum Gasteiger partial charge on any atom is -0.480 e. The second kappa shape index (κ2) is 3.76. The van der Waals surface area contributed by atoms with Crippen LogP contribution in [0.25, 0.3) is 0 Å². The Balaban J connectivity index is 2.00. The molecule has 1 aromatic heterocycles. The van der Waals surface area contributed by atoms with Crippen molar-refractivity contribution in [3.63, 3.8) is 0 Å². The second-order valence-electron chi connectivity index (χ2n) is 3.71. The lowest BCUT2D eigenvalue weighted by atomic mass is 10.2. The molecule has 1 aliphatic carbocycles. The molecule has 1 amide bonds. The predicted octanol–water partition coefficient (Wildman–Crippen LogP) is 0.608. The Hall–Kier alpha value is -1.78. The van der Waals surface area contributed by atoms with Crippen LogP contribution >= 0.6 is 0 Å². The normalized spacial score (nSPS) is 17.1. The van der Waals surface area contributed by atoms with E-state index in [1.54, 1.807) is 18.3 Å². The Morgan fingerprint density at radius 2 is 2.27 bits per heavy atom. The molecule has 1 aliphatic rings. The van der Waals surface area contributed by atoms with E-state index in [4.69, 9.17) is 5.11 Å². The Labute approximate surface area is 86.5 Å². The number of aromatic amines is 1. The molecule has 3 N–H and O–H groups in total. The first kappa shape index (κ1) is 9.76. The molecule has 1 atom stereocenters. The molecule has 0 aromatic carbocycles. The summed E-state index contributed by atoms with van der Waals surface area (Å²) in [4.78, 5) is 25.1. The van der Waals surface area contributed by atoms with Gasteiger partial charge in [0.1, 0.15) is 11.7 Å². The number of hydrogen-bond acceptors (Lipinski definition) is 2. The molecule has 80 valence electrons. The number of rotatable bonds is 4. The Morgan fingerprint density at radius 3 is 2.73 bits per heavy atom. The highest BCUT2D eigenvalue weighted by atomic mass is 16.4. The molecule has 1 heterocycles. The average Bonchev–Trinajstić information content (AvgIpc) is 2.87. The van der Waals surface area contributed by atoms with Crippen molar-refractivity contribution in [3.05, 3.63) is 24.0 Å². The van der Waals surface area contributed by atoms with Crippen LogP contribution in [-0.2, 0) is 4.79 Å². The average molecular weight is 208 g/mol. The van der Waals surface area contributed by atoms with Crippen LogP contribution < -0.4 is 5.32 Å². The predicted molar refractivity (Wildman–Crippen MR) is 52.4 cm³/mol. The molecule has 0 spiro atoms. The number of carboxylic acid groups (broad SMARTS) is 1. The van der Waals surface area contributed by atoms with Crippen LogP contribution in [0.3, 0.4) is 0 Å². The van der Waals surface area contributed by atoms with Gasteiger partial charge in [-0.1, -0.05) is 0 Å². The van der Waals surface area contributed by atoms with Gasteiger partial charge in [0.05, 0.1) is 0 Å². The SMILES string of the molecule is O=C(NC(C(=O)O)C1CC1)c1ccc[nH]1. The Kier molecular flexibility index (Phi) is 2.45. The molecule has 0 bridgehead atoms. The summed E-state index contributed by atoms with van der Waals surface area (Å²) in [5.41, 5.74) is 0.391. The summed E-state index contributed by atoms with van der Waals surface area (Å²) in [6.45, 7) is 0. The lowest BCUT2D eigenvalue weighted by Crippen LogP contribution is -2.42. The number of aromatic nitrogens is 1. The van der Waals surface area contributed by atoms with Gasteiger partial charge in [-0.25, -0.2) is 4.79 Å². The van der Waals surface area contributed by atoms with Crippen molar-refractivity contribution in [1.29, 1.82) is 0 Å². The van der Waals surface area contributed by atoms with Gasteiger partial charge in [-0.3, -0.25) is 4.79 Å². The standard InChI is InChI=1S/C10H12N2O3/c13-9(7-2-1-5-11-7)12-8(10(14)15)6-3-4-6/h1-2,5-6,8,11H,3-4H2,(H,12,13)(H,14,15). The second-order valence-corrected chi connectivity index (χ2v) is 3.71. The summed E-state index contributed by atoms with van der Waals surface area (Å²) in [7, 11) is 0. The highest BCUT2D eigenvalue weighted by molar-refractivity contribution is 5.95. The maximum atomic E-state index is 11.5. The quantitative estimate of drug-likeness (QED) is 0.677. The highest BCUT2D eigenvalue weighted by Gasteiger charge is 2.37. The van der Waals surface area contributed by atoms with Gasteiger partial charge in [0.25, 0.3) is 5.91 Å². The molecule has 1 aromatic rings. The van der Waals surface area contributed by atoms with E-state index in [9.17, 15) is 9.59 Å². The number of hydrogen-bond donors (Lipinski definition) is 3. The molecular formula is C10H12N2O3. The van der Waals surface area contributed by atoms with Crippen LogP contribution in [0, 0.1) is 5.92 Å². The summed E-state index contributed by atoms with van der Waals surface area (Å²) in [5, 5.41) is 11.4. The lowest BCUT2D eigenvalue weighted by molar-refractivity contribution is -0.139. The molecule has 1 saturated carbocycles. The molecule has 1 fully saturated rings. The summed E-state index contributed by atoms with van der Waals surface area (Å²) >= 11 is 0. The zero-order chi connectivity index (χ0) is 10.8. The zero-order valence-corrected chi connectivity index (χ0v) is 8.06. The van der Waals surface area contributed by atoms with E-state index in [2.05, 4.69) is 10.3 Å². The molecule has 0 radical (unpaired) electrons. The van der Waals surface area contributed by atoms with E-state index < -0.39 is 12.0 Å². The van der Waals surface area contributed by atoms with Crippen LogP contribution in [0.5, 0.6) is 0 Å². The van der Waals surface area contributed by atoms with E-state index in [0.29, 0.717) is 5.69 Å². The summed E-state index contributed by atoms with van der Waals surface area (Å²) in [6.07, 6.45) is 3.38. The zero-order valence-electron chi connectivity index (χ0n) is 8.06. The number of amides is 1. The number of aliphatic carboxylic acids is 1. The van der Waals surface area contributed by atoms with E-state index in [1.165, 1.54) is 0 Å². The van der Waals surface area contributed by atoms with E-state index in [0.717, 1.165) is 12.8 Å². The fourth-order valence-corrected chi connectivity index (χ4v) is 1.50. The fourth-order valence-electron chi connectivity index (χ4n) is 1.50. The first-order chi connectivity index (χ1) is 7.18. The number of carbonyl (C=O) groups is 2. The van der Waals surface area contributed by atoms with Crippen molar-refractivity contribution in [2.24, 2.45) is 5.92 Å². The van der Waals surface area contributed by atoms with Crippen molar-refractivity contribution in [3.8, 4) is 0 Å². The third-order valence-electron chi connectivity index (χ3n) is 2.49. The summed E-state index contributed by atoms with van der Waals surface area (Å²) in [5.74, 6) is -1.22. The maximum Gasteiger partial charge on any atom is 0.326 e. The highest BCUT2D eigenvalue weighted by Crippen LogP contribution is 2.32. The number of carboxylic acids is 1. The summed E-state index contributed by atoms with van der Waals surface area (Å²) in [6, 6.07) is 2.56. The number of nitrogens with one attached hydrogen (secondary N) is 2. The van der Waals surface area contributed by atoms with Crippen LogP contribution in [0.15, 0.2) is 18.3 Å². The fraction of sp³-hybridized carbons (Fsp3) is 0.400. The minimum atomic E-state index is -0.961. The largest absolute Gasteiger partial charge is 0.480 e. The molecule has 0 saturated heterocycles. The number of carbonyl (C=O) groups excluding carboxylic acids is 1. The van der Waals surface area contributed by atoms with Crippen LogP contribution in [0.4, 0.5) is 0 Å². The topological polar surface area (TPSA) is 82.2 Å². The van der Waals surface area contributed by atoms with Gasteiger partial charge < -0.3 is 15.4 Å². The van der Waals surface area contributed by atoms with Crippen molar-refractivity contribution in [2.75, 3.05) is 0 Å². The first-order valence-corrected chi connectivity index (χ1v) is 4.85. The Morgan fingerprint density at radius 1 is 1.53 bits per heavy atom.